The molecule has 0 bridgehead atoms. The SMILES string of the molecule is CN=C(NCCc1ccc(F)cc1)NCc1cc(Br)cs1. The molecule has 0 spiro atoms. The number of benzene rings is 1. The third-order valence-corrected chi connectivity index (χ3v) is 4.59. The zero-order chi connectivity index (χ0) is 15.1. The number of halogens is 2. The van der Waals surface area contributed by atoms with Gasteiger partial charge in [-0.3, -0.25) is 4.99 Å². The van der Waals surface area contributed by atoms with Crippen LogP contribution in [0.3, 0.4) is 0 Å². The van der Waals surface area contributed by atoms with Gasteiger partial charge in [0.2, 0.25) is 0 Å². The monoisotopic (exact) mass is 369 g/mol. The van der Waals surface area contributed by atoms with Crippen LogP contribution in [0.2, 0.25) is 0 Å². The summed E-state index contributed by atoms with van der Waals surface area (Å²) in [6.45, 7) is 1.49. The topological polar surface area (TPSA) is 36.4 Å². The van der Waals surface area contributed by atoms with Crippen LogP contribution < -0.4 is 10.6 Å². The first-order valence-electron chi connectivity index (χ1n) is 6.59. The lowest BCUT2D eigenvalue weighted by atomic mass is 10.1. The van der Waals surface area contributed by atoms with E-state index in [9.17, 15) is 4.39 Å². The molecule has 0 fully saturated rings. The molecular weight excluding hydrogens is 353 g/mol. The number of hydrogen-bond acceptors (Lipinski definition) is 2. The highest BCUT2D eigenvalue weighted by molar-refractivity contribution is 9.10. The van der Waals surface area contributed by atoms with Gasteiger partial charge in [-0.1, -0.05) is 12.1 Å². The number of guanidine groups is 1. The van der Waals surface area contributed by atoms with Gasteiger partial charge in [0, 0.05) is 28.3 Å². The average Bonchev–Trinajstić information content (AvgIpc) is 2.90. The highest BCUT2D eigenvalue weighted by atomic mass is 79.9. The zero-order valence-electron chi connectivity index (χ0n) is 11.7. The predicted octanol–water partition coefficient (Wildman–Crippen LogP) is 3.56. The van der Waals surface area contributed by atoms with Gasteiger partial charge in [-0.2, -0.15) is 0 Å². The van der Waals surface area contributed by atoms with E-state index >= 15 is 0 Å². The molecule has 21 heavy (non-hydrogen) atoms. The summed E-state index contributed by atoms with van der Waals surface area (Å²) in [5.74, 6) is 0.563. The Balaban J connectivity index is 1.74. The lowest BCUT2D eigenvalue weighted by Gasteiger charge is -2.11. The summed E-state index contributed by atoms with van der Waals surface area (Å²) in [5.41, 5.74) is 1.10. The van der Waals surface area contributed by atoms with Crippen molar-refractivity contribution >= 4 is 33.2 Å². The van der Waals surface area contributed by atoms with Crippen LogP contribution in [-0.2, 0) is 13.0 Å². The Morgan fingerprint density at radius 1 is 1.29 bits per heavy atom. The summed E-state index contributed by atoms with van der Waals surface area (Å²) in [6.07, 6.45) is 0.825. The molecule has 112 valence electrons. The molecule has 6 heteroatoms. The third kappa shape index (κ3) is 5.47. The minimum atomic E-state index is -0.203. The largest absolute Gasteiger partial charge is 0.356 e. The normalized spacial score (nSPS) is 11.5. The molecule has 1 aromatic heterocycles. The molecule has 0 atom stereocenters. The molecule has 0 radical (unpaired) electrons. The van der Waals surface area contributed by atoms with Crippen molar-refractivity contribution in [2.75, 3.05) is 13.6 Å². The first-order valence-corrected chi connectivity index (χ1v) is 8.26. The first kappa shape index (κ1) is 16.0. The fraction of sp³-hybridized carbons (Fsp3) is 0.267. The Bertz CT molecular complexity index is 595. The van der Waals surface area contributed by atoms with E-state index in [4.69, 9.17) is 0 Å². The number of nitrogens with one attached hydrogen (secondary N) is 2. The molecule has 0 unspecified atom stereocenters. The maximum absolute atomic E-state index is 12.8. The minimum absolute atomic E-state index is 0.203. The summed E-state index contributed by atoms with van der Waals surface area (Å²) in [7, 11) is 1.75. The second-order valence-electron chi connectivity index (χ2n) is 4.46. The van der Waals surface area contributed by atoms with Crippen LogP contribution in [0, 0.1) is 5.82 Å². The second-order valence-corrected chi connectivity index (χ2v) is 6.37. The summed E-state index contributed by atoms with van der Waals surface area (Å²) >= 11 is 5.14. The van der Waals surface area contributed by atoms with Crippen molar-refractivity contribution in [3.8, 4) is 0 Å². The molecular formula is C15H17BrFN3S. The number of aliphatic imine (C=N–C) groups is 1. The molecule has 2 aromatic rings. The lowest BCUT2D eigenvalue weighted by Crippen LogP contribution is -2.37. The van der Waals surface area contributed by atoms with Gasteiger partial charge in [-0.15, -0.1) is 11.3 Å². The van der Waals surface area contributed by atoms with E-state index in [0.29, 0.717) is 0 Å². The maximum Gasteiger partial charge on any atom is 0.191 e. The molecule has 0 saturated carbocycles. The van der Waals surface area contributed by atoms with E-state index < -0.39 is 0 Å². The van der Waals surface area contributed by atoms with Gasteiger partial charge in [-0.05, 0) is 46.1 Å². The molecule has 0 aliphatic carbocycles. The molecule has 0 amide bonds. The molecule has 1 heterocycles. The van der Waals surface area contributed by atoms with Crippen molar-refractivity contribution in [2.45, 2.75) is 13.0 Å². The highest BCUT2D eigenvalue weighted by Crippen LogP contribution is 2.19. The summed E-state index contributed by atoms with van der Waals surface area (Å²) < 4.78 is 13.9. The van der Waals surface area contributed by atoms with Gasteiger partial charge in [0.25, 0.3) is 0 Å². The first-order chi connectivity index (χ1) is 10.2. The Morgan fingerprint density at radius 3 is 2.67 bits per heavy atom. The zero-order valence-corrected chi connectivity index (χ0v) is 14.1. The van der Waals surface area contributed by atoms with E-state index in [1.54, 1.807) is 30.5 Å². The number of hydrogen-bond donors (Lipinski definition) is 2. The predicted molar refractivity (Wildman–Crippen MR) is 90.3 cm³/mol. The Morgan fingerprint density at radius 2 is 2.05 bits per heavy atom. The highest BCUT2D eigenvalue weighted by Gasteiger charge is 2.01. The van der Waals surface area contributed by atoms with Gasteiger partial charge in [-0.25, -0.2) is 4.39 Å². The van der Waals surface area contributed by atoms with E-state index in [1.807, 2.05) is 0 Å². The standard InChI is InChI=1S/C15H17BrFN3S/c1-18-15(20-9-14-8-12(16)10-21-14)19-7-6-11-2-4-13(17)5-3-11/h2-5,8,10H,6-7,9H2,1H3,(H2,18,19,20). The molecule has 3 nitrogen and oxygen atoms in total. The summed E-state index contributed by atoms with van der Waals surface area (Å²) in [5, 5.41) is 8.57. The molecule has 0 aliphatic heterocycles. The molecule has 2 rings (SSSR count). The molecule has 2 N–H and O–H groups in total. The minimum Gasteiger partial charge on any atom is -0.356 e. The van der Waals surface area contributed by atoms with Crippen LogP contribution in [0.15, 0.2) is 45.2 Å². The van der Waals surface area contributed by atoms with Crippen LogP contribution in [0.5, 0.6) is 0 Å². The Kier molecular flexibility index (Phi) is 6.20. The van der Waals surface area contributed by atoms with Crippen molar-refractivity contribution in [1.82, 2.24) is 10.6 Å². The van der Waals surface area contributed by atoms with Crippen LogP contribution in [0.4, 0.5) is 4.39 Å². The number of nitrogens with zero attached hydrogens (tertiary/aromatic N) is 1. The number of rotatable bonds is 5. The van der Waals surface area contributed by atoms with Crippen LogP contribution in [0.25, 0.3) is 0 Å². The van der Waals surface area contributed by atoms with E-state index in [1.165, 1.54) is 17.0 Å². The fourth-order valence-corrected chi connectivity index (χ4v) is 3.21. The maximum atomic E-state index is 12.8. The number of thiophene rings is 1. The van der Waals surface area contributed by atoms with Gasteiger partial charge in [0.1, 0.15) is 5.82 Å². The fourth-order valence-electron chi connectivity index (χ4n) is 1.81. The Labute approximate surface area is 136 Å². The lowest BCUT2D eigenvalue weighted by molar-refractivity contribution is 0.626. The van der Waals surface area contributed by atoms with Crippen LogP contribution >= 0.6 is 27.3 Å². The van der Waals surface area contributed by atoms with Gasteiger partial charge in [0.05, 0.1) is 6.54 Å². The quantitative estimate of drug-likeness (QED) is 0.624. The van der Waals surface area contributed by atoms with E-state index in [-0.39, 0.29) is 5.82 Å². The third-order valence-electron chi connectivity index (χ3n) is 2.89. The van der Waals surface area contributed by atoms with Crippen molar-refractivity contribution in [3.05, 3.63) is 56.4 Å². The van der Waals surface area contributed by atoms with Crippen LogP contribution in [0.1, 0.15) is 10.4 Å². The molecule has 0 aliphatic rings. The van der Waals surface area contributed by atoms with E-state index in [2.05, 4.69) is 43.0 Å². The van der Waals surface area contributed by atoms with Crippen molar-refractivity contribution in [2.24, 2.45) is 4.99 Å². The van der Waals surface area contributed by atoms with E-state index in [0.717, 1.165) is 35.5 Å². The van der Waals surface area contributed by atoms with Crippen LogP contribution in [-0.4, -0.2) is 19.6 Å². The van der Waals surface area contributed by atoms with Crippen molar-refractivity contribution in [3.63, 3.8) is 0 Å². The average molecular weight is 370 g/mol. The summed E-state index contributed by atoms with van der Waals surface area (Å²) in [4.78, 5) is 5.42. The van der Waals surface area contributed by atoms with Crippen molar-refractivity contribution < 1.29 is 4.39 Å². The second kappa shape index (κ2) is 8.14. The smallest absolute Gasteiger partial charge is 0.191 e. The van der Waals surface area contributed by atoms with Gasteiger partial charge in [0.15, 0.2) is 5.96 Å². The van der Waals surface area contributed by atoms with Gasteiger partial charge >= 0.3 is 0 Å². The molecule has 0 saturated heterocycles. The van der Waals surface area contributed by atoms with Gasteiger partial charge < -0.3 is 10.6 Å². The Hall–Kier alpha value is -1.40. The summed E-state index contributed by atoms with van der Waals surface area (Å²) in [6, 6.07) is 8.66. The molecule has 1 aromatic carbocycles. The van der Waals surface area contributed by atoms with Crippen molar-refractivity contribution in [1.29, 1.82) is 0 Å².